The van der Waals surface area contributed by atoms with Crippen LogP contribution >= 0.6 is 11.3 Å². The Labute approximate surface area is 267 Å². The van der Waals surface area contributed by atoms with E-state index in [0.29, 0.717) is 31.9 Å². The van der Waals surface area contributed by atoms with Crippen LogP contribution < -0.4 is 29.7 Å². The summed E-state index contributed by atoms with van der Waals surface area (Å²) >= 11 is 1.20. The third-order valence-electron chi connectivity index (χ3n) is 7.10. The van der Waals surface area contributed by atoms with Crippen LogP contribution in [0.15, 0.2) is 87.8 Å². The molecule has 0 aliphatic carbocycles. The number of rotatable bonds is 10. The number of ether oxygens (including phenoxy) is 3. The van der Waals surface area contributed by atoms with Gasteiger partial charge in [-0.25, -0.2) is 9.79 Å². The molecule has 1 atom stereocenters. The van der Waals surface area contributed by atoms with Crippen molar-refractivity contribution in [1.29, 1.82) is 0 Å². The summed E-state index contributed by atoms with van der Waals surface area (Å²) in [6, 6.07) is 17.5. The molecular weight excluding hydrogens is 612 g/mol. The number of nitrogens with one attached hydrogen (secondary N) is 1. The highest BCUT2D eigenvalue weighted by molar-refractivity contribution is 7.07. The zero-order valence-corrected chi connectivity index (χ0v) is 26.3. The zero-order chi connectivity index (χ0) is 33.0. The van der Waals surface area contributed by atoms with E-state index >= 15 is 0 Å². The summed E-state index contributed by atoms with van der Waals surface area (Å²) < 4.78 is 18.4. The first-order valence-corrected chi connectivity index (χ1v) is 15.0. The van der Waals surface area contributed by atoms with Gasteiger partial charge in [-0.1, -0.05) is 53.3 Å². The number of hydrogen-bond donors (Lipinski definition) is 1. The Morgan fingerprint density at radius 3 is 2.54 bits per heavy atom. The SMILES string of the molecule is CCOC(=O)C1=C(C)N=c2s/c(=C/c3ccc(OCC(=O)Nc4cccc([N+](=O)[O-])c4)c(OC)c3)c(=O)n2[C@@H]1c1ccc(C)cc1. The van der Waals surface area contributed by atoms with E-state index < -0.39 is 22.8 Å². The van der Waals surface area contributed by atoms with Gasteiger partial charge < -0.3 is 19.5 Å². The van der Waals surface area contributed by atoms with Crippen LogP contribution in [0, 0.1) is 17.0 Å². The number of fused-ring (bicyclic) bond motifs is 1. The number of methoxy groups -OCH3 is 1. The van der Waals surface area contributed by atoms with Gasteiger partial charge in [0.1, 0.15) is 0 Å². The number of non-ortho nitro benzene ring substituents is 1. The van der Waals surface area contributed by atoms with Crippen LogP contribution in [0.5, 0.6) is 11.5 Å². The molecule has 0 saturated heterocycles. The normalized spacial score (nSPS) is 14.3. The average molecular weight is 643 g/mol. The van der Waals surface area contributed by atoms with E-state index in [1.54, 1.807) is 38.1 Å². The lowest BCUT2D eigenvalue weighted by Crippen LogP contribution is -2.39. The Morgan fingerprint density at radius 1 is 1.09 bits per heavy atom. The van der Waals surface area contributed by atoms with Crippen molar-refractivity contribution in [2.45, 2.75) is 26.8 Å². The summed E-state index contributed by atoms with van der Waals surface area (Å²) in [7, 11) is 1.45. The van der Waals surface area contributed by atoms with Crippen LogP contribution in [-0.2, 0) is 14.3 Å². The smallest absolute Gasteiger partial charge is 0.338 e. The van der Waals surface area contributed by atoms with E-state index in [9.17, 15) is 24.5 Å². The number of anilines is 1. The number of aryl methyl sites for hydroxylation is 1. The second-order valence-corrected chi connectivity index (χ2v) is 11.3. The Balaban J connectivity index is 1.43. The molecule has 1 N–H and O–H groups in total. The Bertz CT molecular complexity index is 2050. The predicted octanol–water partition coefficient (Wildman–Crippen LogP) is 4.04. The molecule has 4 aromatic rings. The monoisotopic (exact) mass is 642 g/mol. The first-order valence-electron chi connectivity index (χ1n) is 14.2. The second-order valence-electron chi connectivity index (χ2n) is 10.3. The van der Waals surface area contributed by atoms with Crippen LogP contribution in [0.1, 0.15) is 36.6 Å². The van der Waals surface area contributed by atoms with Gasteiger partial charge in [-0.2, -0.15) is 0 Å². The minimum Gasteiger partial charge on any atom is -0.493 e. The van der Waals surface area contributed by atoms with Crippen molar-refractivity contribution in [1.82, 2.24) is 4.57 Å². The predicted molar refractivity (Wildman–Crippen MR) is 172 cm³/mol. The minimum absolute atomic E-state index is 0.149. The van der Waals surface area contributed by atoms with E-state index in [2.05, 4.69) is 10.3 Å². The number of benzene rings is 3. The summed E-state index contributed by atoms with van der Waals surface area (Å²) in [4.78, 5) is 54.9. The lowest BCUT2D eigenvalue weighted by Gasteiger charge is -2.24. The van der Waals surface area contributed by atoms with Gasteiger partial charge in [0.25, 0.3) is 17.2 Å². The second kappa shape index (κ2) is 13.6. The van der Waals surface area contributed by atoms with E-state index in [4.69, 9.17) is 14.2 Å². The quantitative estimate of drug-likeness (QED) is 0.155. The number of nitrogens with zero attached hydrogens (tertiary/aromatic N) is 3. The van der Waals surface area contributed by atoms with Crippen molar-refractivity contribution < 1.29 is 28.7 Å². The van der Waals surface area contributed by atoms with Crippen LogP contribution in [-0.4, -0.2) is 41.7 Å². The van der Waals surface area contributed by atoms with Gasteiger partial charge in [-0.05, 0) is 56.2 Å². The van der Waals surface area contributed by atoms with Crippen LogP contribution in [0.25, 0.3) is 6.08 Å². The largest absolute Gasteiger partial charge is 0.493 e. The standard InChI is InChI=1S/C33H30N4O8S/c1-5-44-32(40)29-20(3)34-33-36(30(29)22-12-9-19(2)10-13-22)31(39)27(46-33)16-21-11-14-25(26(15-21)43-4)45-18-28(38)35-23-7-6-8-24(17-23)37(41)42/h6-17,30H,5,18H2,1-4H3,(H,35,38)/b27-16+/t30-/m1/s1. The van der Waals surface area contributed by atoms with Gasteiger partial charge in [0, 0.05) is 17.8 Å². The molecule has 236 valence electrons. The molecule has 0 bridgehead atoms. The number of allylic oxidation sites excluding steroid dienone is 1. The number of carbonyl (C=O) groups excluding carboxylic acids is 2. The van der Waals surface area contributed by atoms with Gasteiger partial charge in [-0.15, -0.1) is 0 Å². The highest BCUT2D eigenvalue weighted by Gasteiger charge is 2.33. The summed E-state index contributed by atoms with van der Waals surface area (Å²) in [6.07, 6.45) is 1.70. The Hall–Kier alpha value is -5.56. The third kappa shape index (κ3) is 6.74. The summed E-state index contributed by atoms with van der Waals surface area (Å²) in [5.74, 6) is -0.442. The minimum atomic E-state index is -0.712. The Kier molecular flexibility index (Phi) is 9.42. The molecule has 0 unspecified atom stereocenters. The van der Waals surface area contributed by atoms with Crippen LogP contribution in [0.3, 0.4) is 0 Å². The molecule has 12 nitrogen and oxygen atoms in total. The summed E-state index contributed by atoms with van der Waals surface area (Å²) in [5.41, 5.74) is 3.01. The lowest BCUT2D eigenvalue weighted by atomic mass is 9.95. The van der Waals surface area contributed by atoms with Crippen molar-refractivity contribution in [3.8, 4) is 11.5 Å². The molecule has 13 heteroatoms. The van der Waals surface area contributed by atoms with Crippen molar-refractivity contribution in [2.75, 3.05) is 25.6 Å². The summed E-state index contributed by atoms with van der Waals surface area (Å²) in [5, 5.41) is 13.6. The number of nitro benzene ring substituents is 1. The number of thiazole rings is 1. The van der Waals surface area contributed by atoms with Crippen molar-refractivity contribution in [3.63, 3.8) is 0 Å². The average Bonchev–Trinajstić information content (AvgIpc) is 3.33. The molecule has 1 aliphatic rings. The van der Waals surface area contributed by atoms with E-state index in [-0.39, 0.29) is 35.9 Å². The molecule has 1 aromatic heterocycles. The molecule has 3 aromatic carbocycles. The van der Waals surface area contributed by atoms with Gasteiger partial charge in [0.15, 0.2) is 22.9 Å². The van der Waals surface area contributed by atoms with Gasteiger partial charge in [0.05, 0.1) is 40.5 Å². The fourth-order valence-electron chi connectivity index (χ4n) is 4.94. The van der Waals surface area contributed by atoms with E-state index in [0.717, 1.165) is 11.1 Å². The number of nitro groups is 1. The number of carbonyl (C=O) groups is 2. The van der Waals surface area contributed by atoms with Gasteiger partial charge >= 0.3 is 5.97 Å². The molecule has 2 heterocycles. The molecule has 5 rings (SSSR count). The topological polar surface area (TPSA) is 151 Å². The molecule has 46 heavy (non-hydrogen) atoms. The van der Waals surface area contributed by atoms with Crippen LogP contribution in [0.4, 0.5) is 11.4 Å². The van der Waals surface area contributed by atoms with E-state index in [1.165, 1.54) is 47.3 Å². The molecular formula is C33H30N4O8S. The number of aromatic nitrogens is 1. The highest BCUT2D eigenvalue weighted by Crippen LogP contribution is 2.31. The van der Waals surface area contributed by atoms with Gasteiger partial charge in [-0.3, -0.25) is 24.3 Å². The maximum Gasteiger partial charge on any atom is 0.338 e. The van der Waals surface area contributed by atoms with Crippen molar-refractivity contribution in [3.05, 3.63) is 124 Å². The first kappa shape index (κ1) is 31.9. The van der Waals surface area contributed by atoms with Crippen molar-refractivity contribution in [2.24, 2.45) is 4.99 Å². The maximum atomic E-state index is 13.9. The molecule has 1 aliphatic heterocycles. The zero-order valence-electron chi connectivity index (χ0n) is 25.4. The number of esters is 1. The fraction of sp³-hybridized carbons (Fsp3) is 0.212. The van der Waals surface area contributed by atoms with Crippen LogP contribution in [0.2, 0.25) is 0 Å². The fourth-order valence-corrected chi connectivity index (χ4v) is 5.98. The van der Waals surface area contributed by atoms with Crippen molar-refractivity contribution >= 4 is 40.7 Å². The number of hydrogen-bond acceptors (Lipinski definition) is 10. The maximum absolute atomic E-state index is 13.9. The van der Waals surface area contributed by atoms with E-state index in [1.807, 2.05) is 31.2 Å². The highest BCUT2D eigenvalue weighted by atomic mass is 32.1. The lowest BCUT2D eigenvalue weighted by molar-refractivity contribution is -0.384. The molecule has 0 radical (unpaired) electrons. The number of amides is 1. The molecule has 1 amide bonds. The summed E-state index contributed by atoms with van der Waals surface area (Å²) in [6.45, 7) is 5.23. The molecule has 0 fully saturated rings. The van der Waals surface area contributed by atoms with Gasteiger partial charge in [0.2, 0.25) is 0 Å². The molecule has 0 spiro atoms. The molecule has 0 saturated carbocycles. The first-order chi connectivity index (χ1) is 22.1. The Morgan fingerprint density at radius 2 is 1.85 bits per heavy atom. The third-order valence-corrected chi connectivity index (χ3v) is 8.08.